The van der Waals surface area contributed by atoms with Gasteiger partial charge in [-0.05, 0) is 38.3 Å². The minimum absolute atomic E-state index is 0.138. The van der Waals surface area contributed by atoms with Gasteiger partial charge in [0.15, 0.2) is 5.82 Å². The van der Waals surface area contributed by atoms with Crippen molar-refractivity contribution in [2.45, 2.75) is 38.2 Å². The first kappa shape index (κ1) is 14.7. The molecule has 0 bridgehead atoms. The van der Waals surface area contributed by atoms with Crippen molar-refractivity contribution in [3.05, 3.63) is 35.7 Å². The van der Waals surface area contributed by atoms with Gasteiger partial charge >= 0.3 is 0 Å². The maximum absolute atomic E-state index is 11.9. The number of benzene rings is 1. The third-order valence-electron chi connectivity index (χ3n) is 3.72. The molecule has 0 spiro atoms. The summed E-state index contributed by atoms with van der Waals surface area (Å²) in [5.41, 5.74) is 1.48. The molecule has 1 aliphatic rings. The van der Waals surface area contributed by atoms with Gasteiger partial charge in [-0.3, -0.25) is 9.89 Å². The fourth-order valence-corrected chi connectivity index (χ4v) is 2.21. The lowest BCUT2D eigenvalue weighted by molar-refractivity contribution is 0.0945. The molecule has 1 aliphatic carbocycles. The van der Waals surface area contributed by atoms with Crippen LogP contribution >= 0.6 is 0 Å². The van der Waals surface area contributed by atoms with Crippen LogP contribution in [-0.2, 0) is 0 Å². The standard InChI is InChI=1S/C16H20N4O2/c1-10(21)8-9-17-16(22)13-6-4-12(5-7-13)15-18-14(19-20-15)11-2-3-11/h4-7,10-11,21H,2-3,8-9H2,1H3,(H,17,22)(H,18,19,20). The average Bonchev–Trinajstić information content (AvgIpc) is 3.24. The van der Waals surface area contributed by atoms with Gasteiger partial charge in [-0.2, -0.15) is 5.10 Å². The molecular weight excluding hydrogens is 280 g/mol. The Bertz CT molecular complexity index is 644. The molecule has 3 rings (SSSR count). The van der Waals surface area contributed by atoms with Crippen molar-refractivity contribution in [1.82, 2.24) is 20.5 Å². The highest BCUT2D eigenvalue weighted by Crippen LogP contribution is 2.38. The van der Waals surface area contributed by atoms with Crippen molar-refractivity contribution in [3.63, 3.8) is 0 Å². The van der Waals surface area contributed by atoms with Crippen molar-refractivity contribution in [3.8, 4) is 11.4 Å². The van der Waals surface area contributed by atoms with Crippen LogP contribution in [0.3, 0.4) is 0 Å². The van der Waals surface area contributed by atoms with Crippen molar-refractivity contribution in [2.75, 3.05) is 6.54 Å². The Morgan fingerprint density at radius 2 is 2.14 bits per heavy atom. The molecule has 1 aromatic carbocycles. The van der Waals surface area contributed by atoms with Gasteiger partial charge in [0, 0.05) is 23.6 Å². The van der Waals surface area contributed by atoms with Gasteiger partial charge in [0.2, 0.25) is 0 Å². The summed E-state index contributed by atoms with van der Waals surface area (Å²) in [6, 6.07) is 7.23. The van der Waals surface area contributed by atoms with E-state index in [9.17, 15) is 9.90 Å². The molecule has 0 aliphatic heterocycles. The predicted molar refractivity (Wildman–Crippen MR) is 82.4 cm³/mol. The highest BCUT2D eigenvalue weighted by atomic mass is 16.3. The number of nitrogens with zero attached hydrogens (tertiary/aromatic N) is 2. The number of amides is 1. The second-order valence-electron chi connectivity index (χ2n) is 5.79. The highest BCUT2D eigenvalue weighted by Gasteiger charge is 2.27. The number of nitrogens with one attached hydrogen (secondary N) is 2. The predicted octanol–water partition coefficient (Wildman–Crippen LogP) is 1.85. The van der Waals surface area contributed by atoms with Gasteiger partial charge in [-0.1, -0.05) is 12.1 Å². The molecule has 1 saturated carbocycles. The Kier molecular flexibility index (Phi) is 4.20. The second-order valence-corrected chi connectivity index (χ2v) is 5.79. The molecule has 6 nitrogen and oxygen atoms in total. The molecule has 3 N–H and O–H groups in total. The van der Waals surface area contributed by atoms with E-state index < -0.39 is 6.10 Å². The SMILES string of the molecule is CC(O)CCNC(=O)c1ccc(-c2n[nH]c(C3CC3)n2)cc1. The van der Waals surface area contributed by atoms with E-state index in [4.69, 9.17) is 0 Å². The minimum atomic E-state index is -0.408. The number of hydrogen-bond donors (Lipinski definition) is 3. The first-order valence-electron chi connectivity index (χ1n) is 7.62. The van der Waals surface area contributed by atoms with E-state index in [2.05, 4.69) is 20.5 Å². The number of aliphatic hydroxyl groups is 1. The van der Waals surface area contributed by atoms with E-state index in [1.807, 2.05) is 12.1 Å². The van der Waals surface area contributed by atoms with Gasteiger partial charge < -0.3 is 10.4 Å². The Balaban J connectivity index is 1.62. The van der Waals surface area contributed by atoms with E-state index in [1.54, 1.807) is 19.1 Å². The maximum Gasteiger partial charge on any atom is 0.251 e. The summed E-state index contributed by atoms with van der Waals surface area (Å²) >= 11 is 0. The minimum Gasteiger partial charge on any atom is -0.393 e. The number of carbonyl (C=O) groups excluding carboxylic acids is 1. The molecule has 116 valence electrons. The van der Waals surface area contributed by atoms with E-state index >= 15 is 0 Å². The van der Waals surface area contributed by atoms with Gasteiger partial charge in [-0.15, -0.1) is 0 Å². The molecule has 1 fully saturated rings. The van der Waals surface area contributed by atoms with Crippen LogP contribution in [0.1, 0.15) is 48.3 Å². The summed E-state index contributed by atoms with van der Waals surface area (Å²) in [6.45, 7) is 2.16. The number of aliphatic hydroxyl groups excluding tert-OH is 1. The lowest BCUT2D eigenvalue weighted by Crippen LogP contribution is -2.26. The van der Waals surface area contributed by atoms with E-state index in [1.165, 1.54) is 12.8 Å². The summed E-state index contributed by atoms with van der Waals surface area (Å²) in [6.07, 6.45) is 2.50. The maximum atomic E-state index is 11.9. The third-order valence-corrected chi connectivity index (χ3v) is 3.72. The number of carbonyl (C=O) groups is 1. The Labute approximate surface area is 129 Å². The first-order valence-corrected chi connectivity index (χ1v) is 7.62. The van der Waals surface area contributed by atoms with Crippen LogP contribution in [0.2, 0.25) is 0 Å². The highest BCUT2D eigenvalue weighted by molar-refractivity contribution is 5.94. The number of aromatic amines is 1. The summed E-state index contributed by atoms with van der Waals surface area (Å²) in [7, 11) is 0. The van der Waals surface area contributed by atoms with Crippen LogP contribution < -0.4 is 5.32 Å². The van der Waals surface area contributed by atoms with Crippen LogP contribution in [0.4, 0.5) is 0 Å². The zero-order valence-corrected chi connectivity index (χ0v) is 12.5. The molecule has 1 amide bonds. The lowest BCUT2D eigenvalue weighted by atomic mass is 10.1. The van der Waals surface area contributed by atoms with Crippen LogP contribution in [0.5, 0.6) is 0 Å². The van der Waals surface area contributed by atoms with Crippen molar-refractivity contribution < 1.29 is 9.90 Å². The quantitative estimate of drug-likeness (QED) is 0.759. The molecule has 1 aromatic heterocycles. The first-order chi connectivity index (χ1) is 10.6. The average molecular weight is 300 g/mol. The van der Waals surface area contributed by atoms with Crippen LogP contribution in [-0.4, -0.2) is 38.8 Å². The molecule has 2 aromatic rings. The molecule has 1 heterocycles. The zero-order chi connectivity index (χ0) is 15.5. The lowest BCUT2D eigenvalue weighted by Gasteiger charge is -2.07. The van der Waals surface area contributed by atoms with Gasteiger partial charge in [0.25, 0.3) is 5.91 Å². The topological polar surface area (TPSA) is 90.9 Å². The number of rotatable bonds is 6. The molecule has 0 radical (unpaired) electrons. The van der Waals surface area contributed by atoms with E-state index in [0.29, 0.717) is 30.3 Å². The molecule has 6 heteroatoms. The fourth-order valence-electron chi connectivity index (χ4n) is 2.21. The number of hydrogen-bond acceptors (Lipinski definition) is 4. The zero-order valence-electron chi connectivity index (χ0n) is 12.5. The fraction of sp³-hybridized carbons (Fsp3) is 0.438. The van der Waals surface area contributed by atoms with E-state index in [0.717, 1.165) is 11.4 Å². The van der Waals surface area contributed by atoms with Gasteiger partial charge in [-0.25, -0.2) is 4.98 Å². The summed E-state index contributed by atoms with van der Waals surface area (Å²) < 4.78 is 0. The monoisotopic (exact) mass is 300 g/mol. The van der Waals surface area contributed by atoms with Gasteiger partial charge in [0.1, 0.15) is 5.82 Å². The molecular formula is C16H20N4O2. The molecule has 1 unspecified atom stereocenters. The molecule has 0 saturated heterocycles. The third kappa shape index (κ3) is 3.51. The second kappa shape index (κ2) is 6.27. The molecule has 1 atom stereocenters. The Morgan fingerprint density at radius 3 is 2.77 bits per heavy atom. The largest absolute Gasteiger partial charge is 0.393 e. The Hall–Kier alpha value is -2.21. The Morgan fingerprint density at radius 1 is 1.41 bits per heavy atom. The normalized spacial score (nSPS) is 15.5. The van der Waals surface area contributed by atoms with Crippen LogP contribution in [0.15, 0.2) is 24.3 Å². The van der Waals surface area contributed by atoms with Crippen LogP contribution in [0, 0.1) is 0 Å². The number of aromatic nitrogens is 3. The van der Waals surface area contributed by atoms with Crippen LogP contribution in [0.25, 0.3) is 11.4 Å². The van der Waals surface area contributed by atoms with E-state index in [-0.39, 0.29) is 5.91 Å². The summed E-state index contributed by atoms with van der Waals surface area (Å²) in [4.78, 5) is 16.4. The summed E-state index contributed by atoms with van der Waals surface area (Å²) in [5.74, 6) is 2.03. The smallest absolute Gasteiger partial charge is 0.251 e. The number of H-pyrrole nitrogens is 1. The van der Waals surface area contributed by atoms with Crippen molar-refractivity contribution in [1.29, 1.82) is 0 Å². The van der Waals surface area contributed by atoms with Crippen molar-refractivity contribution >= 4 is 5.91 Å². The molecule has 22 heavy (non-hydrogen) atoms. The van der Waals surface area contributed by atoms with Gasteiger partial charge in [0.05, 0.1) is 6.10 Å². The summed E-state index contributed by atoms with van der Waals surface area (Å²) in [5, 5.41) is 19.2. The van der Waals surface area contributed by atoms with Crippen molar-refractivity contribution in [2.24, 2.45) is 0 Å².